The van der Waals surface area contributed by atoms with Crippen LogP contribution in [0.3, 0.4) is 0 Å². The summed E-state index contributed by atoms with van der Waals surface area (Å²) in [5.74, 6) is 0.481. The minimum absolute atomic E-state index is 0.481. The van der Waals surface area contributed by atoms with E-state index in [1.165, 1.54) is 6.33 Å². The maximum Gasteiger partial charge on any atom is 0.151 e. The summed E-state index contributed by atoms with van der Waals surface area (Å²) in [5, 5.41) is 0. The average molecular weight is 312 g/mol. The van der Waals surface area contributed by atoms with E-state index < -0.39 is 0 Å². The second-order valence-corrected chi connectivity index (χ2v) is 5.16. The van der Waals surface area contributed by atoms with Gasteiger partial charge in [0.15, 0.2) is 5.82 Å². The Labute approximate surface area is 134 Å². The standard InChI is InChI=1S/C17H20N4O2/c1-22-9-10-23-8-7-21-11-14(13-5-3-2-4-6-13)15-16(21)17(18)20-12-19-15/h2-6,11-12H,7-10H2,1H3,(H2,18,19,20). The largest absolute Gasteiger partial charge is 0.382 e. The molecule has 0 amide bonds. The molecule has 0 aliphatic rings. The van der Waals surface area contributed by atoms with E-state index in [-0.39, 0.29) is 0 Å². The summed E-state index contributed by atoms with van der Waals surface area (Å²) in [4.78, 5) is 8.54. The maximum atomic E-state index is 6.07. The lowest BCUT2D eigenvalue weighted by Crippen LogP contribution is -2.09. The zero-order valence-electron chi connectivity index (χ0n) is 13.1. The van der Waals surface area contributed by atoms with Crippen molar-refractivity contribution in [3.05, 3.63) is 42.9 Å². The van der Waals surface area contributed by atoms with Crippen molar-refractivity contribution in [2.24, 2.45) is 0 Å². The van der Waals surface area contributed by atoms with E-state index in [2.05, 4.69) is 32.9 Å². The van der Waals surface area contributed by atoms with Crippen molar-refractivity contribution in [3.63, 3.8) is 0 Å². The third kappa shape index (κ3) is 3.33. The van der Waals surface area contributed by atoms with Crippen LogP contribution in [0.1, 0.15) is 0 Å². The molecular formula is C17H20N4O2. The molecule has 0 aliphatic heterocycles. The SMILES string of the molecule is COCCOCCn1cc(-c2ccccc2)c2ncnc(N)c21. The van der Waals surface area contributed by atoms with Crippen molar-refractivity contribution in [1.82, 2.24) is 14.5 Å². The van der Waals surface area contributed by atoms with Gasteiger partial charge in [-0.2, -0.15) is 0 Å². The molecule has 6 nitrogen and oxygen atoms in total. The average Bonchev–Trinajstić information content (AvgIpc) is 2.96. The lowest BCUT2D eigenvalue weighted by molar-refractivity contribution is 0.0670. The first kappa shape index (κ1) is 15.5. The van der Waals surface area contributed by atoms with Crippen LogP contribution in [0.5, 0.6) is 0 Å². The van der Waals surface area contributed by atoms with Crippen molar-refractivity contribution in [3.8, 4) is 11.1 Å². The molecule has 0 spiro atoms. The van der Waals surface area contributed by atoms with Crippen molar-refractivity contribution in [2.75, 3.05) is 32.7 Å². The summed E-state index contributed by atoms with van der Waals surface area (Å²) < 4.78 is 12.6. The number of aromatic nitrogens is 3. The van der Waals surface area contributed by atoms with Gasteiger partial charge in [-0.3, -0.25) is 0 Å². The van der Waals surface area contributed by atoms with Crippen LogP contribution in [0.15, 0.2) is 42.9 Å². The van der Waals surface area contributed by atoms with Gasteiger partial charge in [0.05, 0.1) is 19.8 Å². The predicted molar refractivity (Wildman–Crippen MR) is 90.1 cm³/mol. The second kappa shape index (κ2) is 7.21. The number of nitrogens with two attached hydrogens (primary N) is 1. The molecule has 23 heavy (non-hydrogen) atoms. The van der Waals surface area contributed by atoms with E-state index in [0.29, 0.717) is 32.2 Å². The highest BCUT2D eigenvalue weighted by Gasteiger charge is 2.14. The van der Waals surface area contributed by atoms with Crippen LogP contribution in [0.2, 0.25) is 0 Å². The zero-order valence-corrected chi connectivity index (χ0v) is 13.1. The van der Waals surface area contributed by atoms with Crippen molar-refractivity contribution in [2.45, 2.75) is 6.54 Å². The fourth-order valence-corrected chi connectivity index (χ4v) is 2.57. The van der Waals surface area contributed by atoms with Crippen LogP contribution in [-0.2, 0) is 16.0 Å². The first-order valence-corrected chi connectivity index (χ1v) is 7.52. The van der Waals surface area contributed by atoms with E-state index in [1.807, 2.05) is 18.2 Å². The van der Waals surface area contributed by atoms with E-state index in [4.69, 9.17) is 15.2 Å². The molecule has 0 atom stereocenters. The van der Waals surface area contributed by atoms with Crippen molar-refractivity contribution in [1.29, 1.82) is 0 Å². The number of anilines is 1. The minimum Gasteiger partial charge on any atom is -0.382 e. The van der Waals surface area contributed by atoms with Crippen LogP contribution < -0.4 is 5.73 Å². The first-order valence-electron chi connectivity index (χ1n) is 7.52. The molecule has 0 unspecified atom stereocenters. The molecule has 1 aromatic carbocycles. The summed E-state index contributed by atoms with van der Waals surface area (Å²) in [6, 6.07) is 10.1. The summed E-state index contributed by atoms with van der Waals surface area (Å²) in [6.07, 6.45) is 3.56. The van der Waals surface area contributed by atoms with Gasteiger partial charge in [-0.05, 0) is 5.56 Å². The Morgan fingerprint density at radius 1 is 1.09 bits per heavy atom. The van der Waals surface area contributed by atoms with Gasteiger partial charge in [-0.1, -0.05) is 30.3 Å². The molecule has 2 N–H and O–H groups in total. The molecule has 120 valence electrons. The highest BCUT2D eigenvalue weighted by atomic mass is 16.5. The number of nitrogen functional groups attached to an aromatic ring is 1. The molecule has 2 aromatic heterocycles. The van der Waals surface area contributed by atoms with Gasteiger partial charge < -0.3 is 19.8 Å². The van der Waals surface area contributed by atoms with E-state index in [1.54, 1.807) is 7.11 Å². The van der Waals surface area contributed by atoms with Gasteiger partial charge in [0, 0.05) is 25.4 Å². The quantitative estimate of drug-likeness (QED) is 0.678. The number of hydrogen-bond donors (Lipinski definition) is 1. The Hall–Kier alpha value is -2.44. The van der Waals surface area contributed by atoms with E-state index in [9.17, 15) is 0 Å². The monoisotopic (exact) mass is 312 g/mol. The Kier molecular flexibility index (Phi) is 4.85. The minimum atomic E-state index is 0.481. The smallest absolute Gasteiger partial charge is 0.151 e. The third-order valence-corrected chi connectivity index (χ3v) is 3.67. The molecule has 0 fully saturated rings. The van der Waals surface area contributed by atoms with Crippen LogP contribution in [0, 0.1) is 0 Å². The molecule has 6 heteroatoms. The molecule has 3 aromatic rings. The van der Waals surface area contributed by atoms with Crippen molar-refractivity contribution < 1.29 is 9.47 Å². The molecule has 0 aliphatic carbocycles. The summed E-state index contributed by atoms with van der Waals surface area (Å²) in [5.41, 5.74) is 9.93. The number of fused-ring (bicyclic) bond motifs is 1. The Bertz CT molecular complexity index is 771. The molecule has 3 rings (SSSR count). The third-order valence-electron chi connectivity index (χ3n) is 3.67. The van der Waals surface area contributed by atoms with Gasteiger partial charge in [0.1, 0.15) is 17.4 Å². The molecular weight excluding hydrogens is 292 g/mol. The van der Waals surface area contributed by atoms with Crippen LogP contribution in [0.25, 0.3) is 22.2 Å². The van der Waals surface area contributed by atoms with Gasteiger partial charge in [-0.15, -0.1) is 0 Å². The van der Waals surface area contributed by atoms with Crippen molar-refractivity contribution >= 4 is 16.9 Å². The lowest BCUT2D eigenvalue weighted by atomic mass is 10.1. The molecule has 0 saturated carbocycles. The number of nitrogens with zero attached hydrogens (tertiary/aromatic N) is 3. The summed E-state index contributed by atoms with van der Waals surface area (Å²) >= 11 is 0. The fraction of sp³-hybridized carbons (Fsp3) is 0.294. The normalized spacial score (nSPS) is 11.2. The first-order chi connectivity index (χ1) is 11.3. The number of benzene rings is 1. The lowest BCUT2D eigenvalue weighted by Gasteiger charge is -2.07. The molecule has 0 saturated heterocycles. The van der Waals surface area contributed by atoms with Gasteiger partial charge in [0.25, 0.3) is 0 Å². The van der Waals surface area contributed by atoms with Crippen LogP contribution >= 0.6 is 0 Å². The molecule has 2 heterocycles. The van der Waals surface area contributed by atoms with Gasteiger partial charge >= 0.3 is 0 Å². The predicted octanol–water partition coefficient (Wildman–Crippen LogP) is 2.34. The molecule has 0 bridgehead atoms. The number of hydrogen-bond acceptors (Lipinski definition) is 5. The zero-order chi connectivity index (χ0) is 16.1. The number of ether oxygens (including phenoxy) is 2. The second-order valence-electron chi connectivity index (χ2n) is 5.16. The summed E-state index contributed by atoms with van der Waals surface area (Å²) in [6.45, 7) is 2.43. The highest BCUT2D eigenvalue weighted by Crippen LogP contribution is 2.30. The van der Waals surface area contributed by atoms with E-state index >= 15 is 0 Å². The Balaban J connectivity index is 1.92. The topological polar surface area (TPSA) is 75.2 Å². The van der Waals surface area contributed by atoms with Crippen LogP contribution in [-0.4, -0.2) is 41.5 Å². The van der Waals surface area contributed by atoms with E-state index in [0.717, 1.165) is 22.2 Å². The Morgan fingerprint density at radius 2 is 1.91 bits per heavy atom. The fourth-order valence-electron chi connectivity index (χ4n) is 2.57. The number of rotatable bonds is 7. The summed E-state index contributed by atoms with van der Waals surface area (Å²) in [7, 11) is 1.66. The van der Waals surface area contributed by atoms with Crippen LogP contribution in [0.4, 0.5) is 5.82 Å². The highest BCUT2D eigenvalue weighted by molar-refractivity contribution is 5.97. The Morgan fingerprint density at radius 3 is 2.70 bits per heavy atom. The van der Waals surface area contributed by atoms with Gasteiger partial charge in [0.2, 0.25) is 0 Å². The number of methoxy groups -OCH3 is 1. The maximum absolute atomic E-state index is 6.07. The van der Waals surface area contributed by atoms with Gasteiger partial charge in [-0.25, -0.2) is 9.97 Å². The molecule has 0 radical (unpaired) electrons.